The maximum atomic E-state index is 12.9. The summed E-state index contributed by atoms with van der Waals surface area (Å²) in [4.78, 5) is 27.0. The van der Waals surface area contributed by atoms with Crippen molar-refractivity contribution in [2.45, 2.75) is 6.04 Å². The highest BCUT2D eigenvalue weighted by atomic mass is 35.5. The molecule has 2 aromatic rings. The molecule has 0 saturated carbocycles. The molecule has 1 fully saturated rings. The molecule has 3 rings (SSSR count). The van der Waals surface area contributed by atoms with E-state index in [1.807, 2.05) is 0 Å². The van der Waals surface area contributed by atoms with E-state index >= 15 is 0 Å². The Morgan fingerprint density at radius 3 is 2.37 bits per heavy atom. The van der Waals surface area contributed by atoms with Crippen LogP contribution in [-0.4, -0.2) is 49.1 Å². The first kappa shape index (κ1) is 22.4. The van der Waals surface area contributed by atoms with E-state index in [1.54, 1.807) is 18.2 Å². The van der Waals surface area contributed by atoms with Crippen molar-refractivity contribution in [3.8, 4) is 5.75 Å². The topological polar surface area (TPSA) is 76.1 Å². The third-order valence-electron chi connectivity index (χ3n) is 4.76. The van der Waals surface area contributed by atoms with Crippen molar-refractivity contribution < 1.29 is 24.2 Å². The zero-order valence-electron chi connectivity index (χ0n) is 16.1. The Morgan fingerprint density at radius 2 is 1.73 bits per heavy atom. The average molecular weight is 471 g/mol. The van der Waals surface area contributed by atoms with Gasteiger partial charge in [-0.2, -0.15) is 0 Å². The summed E-state index contributed by atoms with van der Waals surface area (Å²) in [6, 6.07) is 8.49. The number of aliphatic hydroxyl groups excluding tert-OH is 1. The molecule has 1 heterocycles. The number of likely N-dealkylation sites (tertiary alicyclic amines) is 1. The highest BCUT2D eigenvalue weighted by Crippen LogP contribution is 2.41. The Hall–Kier alpha value is -2.25. The first-order chi connectivity index (χ1) is 14.3. The molecule has 1 N–H and O–H groups in total. The normalized spacial score (nSPS) is 18.2. The van der Waals surface area contributed by atoms with Crippen molar-refractivity contribution >= 4 is 52.3 Å². The number of Topliss-reactive ketones (excluding diaryl/α,β-unsaturated/α-hetero) is 1. The van der Waals surface area contributed by atoms with Crippen molar-refractivity contribution in [1.82, 2.24) is 4.90 Å². The highest BCUT2D eigenvalue weighted by molar-refractivity contribution is 6.47. The molecule has 1 amide bonds. The molecular formula is C21H18Cl3NO5. The number of nitrogens with zero attached hydrogens (tertiary/aromatic N) is 1. The van der Waals surface area contributed by atoms with Gasteiger partial charge in [0.1, 0.15) is 11.5 Å². The predicted octanol–water partition coefficient (Wildman–Crippen LogP) is 4.72. The Kier molecular flexibility index (Phi) is 6.93. The van der Waals surface area contributed by atoms with Gasteiger partial charge in [0.15, 0.2) is 0 Å². The van der Waals surface area contributed by atoms with E-state index in [1.165, 1.54) is 37.3 Å². The van der Waals surface area contributed by atoms with Crippen LogP contribution in [0.5, 0.6) is 5.75 Å². The number of carbonyl (C=O) groups is 2. The molecule has 1 unspecified atom stereocenters. The number of methoxy groups -OCH3 is 2. The minimum Gasteiger partial charge on any atom is -0.507 e. The van der Waals surface area contributed by atoms with E-state index in [0.717, 1.165) is 0 Å². The second-order valence-corrected chi connectivity index (χ2v) is 7.73. The monoisotopic (exact) mass is 469 g/mol. The van der Waals surface area contributed by atoms with Crippen LogP contribution in [0.25, 0.3) is 5.76 Å². The van der Waals surface area contributed by atoms with Crippen molar-refractivity contribution in [3.05, 3.63) is 68.2 Å². The summed E-state index contributed by atoms with van der Waals surface area (Å²) in [5, 5.41) is 11.9. The van der Waals surface area contributed by atoms with Crippen LogP contribution in [0, 0.1) is 0 Å². The van der Waals surface area contributed by atoms with Crippen LogP contribution in [0.3, 0.4) is 0 Å². The quantitative estimate of drug-likeness (QED) is 0.375. The minimum atomic E-state index is -0.864. The first-order valence-corrected chi connectivity index (χ1v) is 9.99. The molecule has 6 nitrogen and oxygen atoms in total. The summed E-state index contributed by atoms with van der Waals surface area (Å²) < 4.78 is 10.3. The molecule has 1 aliphatic rings. The molecule has 30 heavy (non-hydrogen) atoms. The Labute approximate surface area is 188 Å². The summed E-state index contributed by atoms with van der Waals surface area (Å²) in [5.41, 5.74) is 0.743. The number of halogens is 3. The molecule has 1 atom stereocenters. The van der Waals surface area contributed by atoms with E-state index in [0.29, 0.717) is 21.4 Å². The van der Waals surface area contributed by atoms with Crippen molar-refractivity contribution in [2.24, 2.45) is 0 Å². The standard InChI is InChI=1S/C21H18Cl3NO5/c1-29-8-7-25-18(11-3-5-13(22)15(24)9-11)17(20(27)21(25)28)19(26)12-4-6-14(23)16(10-12)30-2/h3-6,9-10,18,26H,7-8H2,1-2H3/b19-17-. The summed E-state index contributed by atoms with van der Waals surface area (Å²) in [6.07, 6.45) is 0. The zero-order valence-corrected chi connectivity index (χ0v) is 18.4. The lowest BCUT2D eigenvalue weighted by atomic mass is 9.95. The van der Waals surface area contributed by atoms with E-state index in [4.69, 9.17) is 44.3 Å². The number of carbonyl (C=O) groups excluding carboxylic acids is 2. The van der Waals surface area contributed by atoms with Crippen LogP contribution < -0.4 is 4.74 Å². The third kappa shape index (κ3) is 4.14. The lowest BCUT2D eigenvalue weighted by Crippen LogP contribution is -2.32. The fourth-order valence-electron chi connectivity index (χ4n) is 3.29. The Morgan fingerprint density at radius 1 is 1.03 bits per heavy atom. The van der Waals surface area contributed by atoms with Crippen LogP contribution in [0.1, 0.15) is 17.2 Å². The predicted molar refractivity (Wildman–Crippen MR) is 115 cm³/mol. The number of benzene rings is 2. The Balaban J connectivity index is 2.20. The van der Waals surface area contributed by atoms with Gasteiger partial charge in [-0.25, -0.2) is 0 Å². The SMILES string of the molecule is COCCN1C(=O)C(=O)/C(=C(\O)c2ccc(Cl)c(OC)c2)C1c1ccc(Cl)c(Cl)c1. The van der Waals surface area contributed by atoms with E-state index < -0.39 is 17.7 Å². The highest BCUT2D eigenvalue weighted by Gasteiger charge is 2.46. The van der Waals surface area contributed by atoms with Gasteiger partial charge < -0.3 is 19.5 Å². The van der Waals surface area contributed by atoms with Crippen LogP contribution in [0.2, 0.25) is 15.1 Å². The zero-order chi connectivity index (χ0) is 22.0. The number of hydrogen-bond donors (Lipinski definition) is 1. The summed E-state index contributed by atoms with van der Waals surface area (Å²) in [6.45, 7) is 0.354. The molecule has 0 aliphatic carbocycles. The molecule has 0 radical (unpaired) electrons. The maximum Gasteiger partial charge on any atom is 0.295 e. The molecule has 9 heteroatoms. The van der Waals surface area contributed by atoms with Crippen molar-refractivity contribution in [3.63, 3.8) is 0 Å². The molecule has 158 valence electrons. The molecule has 1 saturated heterocycles. The van der Waals surface area contributed by atoms with Gasteiger partial charge in [-0.05, 0) is 35.9 Å². The van der Waals surface area contributed by atoms with Gasteiger partial charge in [-0.1, -0.05) is 40.9 Å². The summed E-state index contributed by atoms with van der Waals surface area (Å²) in [5.74, 6) is -1.58. The minimum absolute atomic E-state index is 0.0705. The van der Waals surface area contributed by atoms with E-state index in [2.05, 4.69) is 0 Å². The second-order valence-electron chi connectivity index (χ2n) is 6.51. The van der Waals surface area contributed by atoms with Gasteiger partial charge >= 0.3 is 0 Å². The number of amides is 1. The fraction of sp³-hybridized carbons (Fsp3) is 0.238. The van der Waals surface area contributed by atoms with Crippen molar-refractivity contribution in [1.29, 1.82) is 0 Å². The molecule has 0 spiro atoms. The molecular weight excluding hydrogens is 453 g/mol. The second kappa shape index (κ2) is 9.27. The number of ketones is 1. The van der Waals surface area contributed by atoms with E-state index in [-0.39, 0.29) is 35.1 Å². The fourth-order valence-corrected chi connectivity index (χ4v) is 3.79. The molecule has 1 aliphatic heterocycles. The van der Waals surface area contributed by atoms with Crippen LogP contribution in [0.4, 0.5) is 0 Å². The largest absolute Gasteiger partial charge is 0.507 e. The van der Waals surface area contributed by atoms with Gasteiger partial charge in [0.25, 0.3) is 11.7 Å². The van der Waals surface area contributed by atoms with Gasteiger partial charge in [0, 0.05) is 19.2 Å². The van der Waals surface area contributed by atoms with Gasteiger partial charge in [-0.3, -0.25) is 9.59 Å². The molecule has 2 aromatic carbocycles. The van der Waals surface area contributed by atoms with Gasteiger partial charge in [0.05, 0.1) is 40.4 Å². The summed E-state index contributed by atoms with van der Waals surface area (Å²) in [7, 11) is 2.93. The van der Waals surface area contributed by atoms with Crippen LogP contribution >= 0.6 is 34.8 Å². The molecule has 0 aromatic heterocycles. The number of ether oxygens (including phenoxy) is 2. The van der Waals surface area contributed by atoms with Crippen LogP contribution in [-0.2, 0) is 14.3 Å². The summed E-state index contributed by atoms with van der Waals surface area (Å²) >= 11 is 18.2. The lowest BCUT2D eigenvalue weighted by molar-refractivity contribution is -0.140. The number of rotatable bonds is 6. The molecule has 0 bridgehead atoms. The number of aliphatic hydroxyl groups is 1. The average Bonchev–Trinajstić information content (AvgIpc) is 2.98. The maximum absolute atomic E-state index is 12.9. The van der Waals surface area contributed by atoms with Gasteiger partial charge in [0.2, 0.25) is 0 Å². The van der Waals surface area contributed by atoms with E-state index in [9.17, 15) is 14.7 Å². The van der Waals surface area contributed by atoms with Crippen LogP contribution in [0.15, 0.2) is 42.0 Å². The smallest absolute Gasteiger partial charge is 0.295 e. The first-order valence-electron chi connectivity index (χ1n) is 8.86. The van der Waals surface area contributed by atoms with Crippen molar-refractivity contribution in [2.75, 3.05) is 27.4 Å². The lowest BCUT2D eigenvalue weighted by Gasteiger charge is -2.25. The Bertz CT molecular complexity index is 1040. The number of hydrogen-bond acceptors (Lipinski definition) is 5. The third-order valence-corrected chi connectivity index (χ3v) is 5.81. The van der Waals surface area contributed by atoms with Gasteiger partial charge in [-0.15, -0.1) is 0 Å².